The number of aryl methyl sites for hydroxylation is 4. The second-order valence-electron chi connectivity index (χ2n) is 13.9. The fourth-order valence-corrected chi connectivity index (χ4v) is 7.25. The predicted octanol–water partition coefficient (Wildman–Crippen LogP) is 8.82. The third kappa shape index (κ3) is 6.20. The van der Waals surface area contributed by atoms with Gasteiger partial charge in [-0.3, -0.25) is 18.7 Å². The first-order valence-electron chi connectivity index (χ1n) is 19.0. The van der Waals surface area contributed by atoms with Gasteiger partial charge in [-0.25, -0.2) is 0 Å². The molecule has 0 unspecified atom stereocenters. The van der Waals surface area contributed by atoms with E-state index in [1.807, 2.05) is 18.7 Å². The van der Waals surface area contributed by atoms with Crippen LogP contribution in [0.25, 0.3) is 77.3 Å². The molecule has 0 saturated carbocycles. The van der Waals surface area contributed by atoms with Crippen molar-refractivity contribution in [3.8, 4) is 45.0 Å². The van der Waals surface area contributed by atoms with Crippen molar-refractivity contribution in [2.24, 2.45) is 0 Å². The van der Waals surface area contributed by atoms with Gasteiger partial charge in [-0.1, -0.05) is 98.5 Å². The molecule has 0 atom stereocenters. The fourth-order valence-electron chi connectivity index (χ4n) is 7.25. The van der Waals surface area contributed by atoms with Crippen LogP contribution in [0.5, 0.6) is 0 Å². The standard InChI is InChI=1S/C40H46N12/c1-5-9-17-49-23-35(41-45-49)31-21-32(36-24-50(46-42-36)18-10-6-2)28-15-16-30-34(38-26-52(48-44-38)20-12-8-4)22-33(29-14-13-27(31)39(28)40(29)30)37-25-51(47-43-37)19-11-7-3/h13-16,21-26H,5-12,17-20H2,1-4H3. The van der Waals surface area contributed by atoms with Crippen molar-refractivity contribution < 1.29 is 0 Å². The highest BCUT2D eigenvalue weighted by Crippen LogP contribution is 2.47. The molecular formula is C40H46N12. The predicted molar refractivity (Wildman–Crippen MR) is 206 cm³/mol. The van der Waals surface area contributed by atoms with E-state index < -0.39 is 0 Å². The molecule has 0 saturated heterocycles. The van der Waals surface area contributed by atoms with Gasteiger partial charge in [0.15, 0.2) is 0 Å². The van der Waals surface area contributed by atoms with Crippen molar-refractivity contribution in [2.75, 3.05) is 0 Å². The van der Waals surface area contributed by atoms with E-state index in [1.54, 1.807) is 0 Å². The molecule has 0 aliphatic carbocycles. The fraction of sp³-hybridized carbons (Fsp3) is 0.400. The summed E-state index contributed by atoms with van der Waals surface area (Å²) in [6, 6.07) is 13.4. The Morgan fingerprint density at radius 3 is 0.865 bits per heavy atom. The van der Waals surface area contributed by atoms with E-state index in [9.17, 15) is 0 Å². The molecule has 8 rings (SSSR count). The molecule has 0 fully saturated rings. The lowest BCUT2D eigenvalue weighted by Crippen LogP contribution is -1.97. The Morgan fingerprint density at radius 1 is 0.385 bits per heavy atom. The molecule has 4 heterocycles. The summed E-state index contributed by atoms with van der Waals surface area (Å²) in [7, 11) is 0. The Hall–Kier alpha value is -5.52. The number of hydrogen-bond acceptors (Lipinski definition) is 8. The summed E-state index contributed by atoms with van der Waals surface area (Å²) in [5.41, 5.74) is 7.44. The second-order valence-corrected chi connectivity index (χ2v) is 13.9. The summed E-state index contributed by atoms with van der Waals surface area (Å²) in [5, 5.41) is 43.7. The number of nitrogens with zero attached hydrogens (tertiary/aromatic N) is 12. The number of aromatic nitrogens is 12. The monoisotopic (exact) mass is 694 g/mol. The smallest absolute Gasteiger partial charge is 0.113 e. The lowest BCUT2D eigenvalue weighted by atomic mass is 9.84. The maximum Gasteiger partial charge on any atom is 0.113 e. The minimum absolute atomic E-state index is 0.832. The van der Waals surface area contributed by atoms with Gasteiger partial charge < -0.3 is 0 Å². The quantitative estimate of drug-likeness (QED) is 0.0920. The van der Waals surface area contributed by atoms with Gasteiger partial charge in [0.1, 0.15) is 22.8 Å². The van der Waals surface area contributed by atoms with Crippen molar-refractivity contribution in [1.29, 1.82) is 0 Å². The molecule has 0 spiro atoms. The number of unbranched alkanes of at least 4 members (excludes halogenated alkanes) is 4. The Balaban J connectivity index is 1.42. The minimum Gasteiger partial charge on any atom is -0.252 e. The summed E-state index contributed by atoms with van der Waals surface area (Å²) in [6.07, 6.45) is 16.8. The van der Waals surface area contributed by atoms with Gasteiger partial charge in [-0.05, 0) is 70.1 Å². The van der Waals surface area contributed by atoms with Gasteiger partial charge in [0.2, 0.25) is 0 Å². The molecule has 0 N–H and O–H groups in total. The first kappa shape index (κ1) is 33.6. The van der Waals surface area contributed by atoms with Crippen molar-refractivity contribution in [3.05, 3.63) is 61.2 Å². The molecule has 0 amide bonds. The van der Waals surface area contributed by atoms with Gasteiger partial charge in [0, 0.05) is 48.4 Å². The van der Waals surface area contributed by atoms with E-state index in [1.165, 1.54) is 0 Å². The van der Waals surface area contributed by atoms with Gasteiger partial charge in [0.05, 0.1) is 24.8 Å². The van der Waals surface area contributed by atoms with Crippen LogP contribution in [0.1, 0.15) is 79.1 Å². The highest BCUT2D eigenvalue weighted by atomic mass is 15.4. The van der Waals surface area contributed by atoms with Crippen LogP contribution in [0.4, 0.5) is 0 Å². The van der Waals surface area contributed by atoms with Crippen LogP contribution in [0.15, 0.2) is 61.2 Å². The molecule has 0 radical (unpaired) electrons. The summed E-state index contributed by atoms with van der Waals surface area (Å²) in [5.74, 6) is 0. The van der Waals surface area contributed by atoms with Crippen LogP contribution in [-0.2, 0) is 26.2 Å². The summed E-state index contributed by atoms with van der Waals surface area (Å²) < 4.78 is 7.82. The van der Waals surface area contributed by atoms with Crippen molar-refractivity contribution in [3.63, 3.8) is 0 Å². The zero-order chi connectivity index (χ0) is 35.6. The van der Waals surface area contributed by atoms with E-state index in [4.69, 9.17) is 20.4 Å². The third-order valence-corrected chi connectivity index (χ3v) is 10.1. The summed E-state index contributed by atoms with van der Waals surface area (Å²) >= 11 is 0. The number of rotatable bonds is 16. The van der Waals surface area contributed by atoms with Crippen LogP contribution in [-0.4, -0.2) is 60.0 Å². The molecule has 52 heavy (non-hydrogen) atoms. The average Bonchev–Trinajstić information content (AvgIpc) is 4.01. The maximum atomic E-state index is 4.72. The minimum atomic E-state index is 0.832. The normalized spacial score (nSPS) is 12.0. The molecule has 0 aliphatic heterocycles. The average molecular weight is 695 g/mol. The molecule has 12 nitrogen and oxygen atoms in total. The molecular weight excluding hydrogens is 649 g/mol. The van der Waals surface area contributed by atoms with Crippen LogP contribution in [0.3, 0.4) is 0 Å². The lowest BCUT2D eigenvalue weighted by Gasteiger charge is -2.19. The summed E-state index contributed by atoms with van der Waals surface area (Å²) in [6.45, 7) is 12.1. The van der Waals surface area contributed by atoms with Crippen molar-refractivity contribution in [2.45, 2.75) is 105 Å². The molecule has 0 aliphatic rings. The largest absolute Gasteiger partial charge is 0.252 e. The molecule has 4 aromatic carbocycles. The molecule has 4 aromatic heterocycles. The van der Waals surface area contributed by atoms with Crippen LogP contribution < -0.4 is 0 Å². The zero-order valence-corrected chi connectivity index (χ0v) is 30.6. The Bertz CT molecular complexity index is 2110. The van der Waals surface area contributed by atoms with E-state index in [0.29, 0.717) is 0 Å². The second kappa shape index (κ2) is 14.6. The summed E-state index contributed by atoms with van der Waals surface area (Å²) in [4.78, 5) is 0. The first-order valence-corrected chi connectivity index (χ1v) is 19.0. The highest BCUT2D eigenvalue weighted by Gasteiger charge is 2.24. The van der Waals surface area contributed by atoms with Crippen LogP contribution >= 0.6 is 0 Å². The Kier molecular flexibility index (Phi) is 9.44. The Morgan fingerprint density at radius 2 is 0.635 bits per heavy atom. The van der Waals surface area contributed by atoms with Crippen molar-refractivity contribution >= 4 is 32.3 Å². The molecule has 12 heteroatoms. The van der Waals surface area contributed by atoms with E-state index in [2.05, 4.69) is 110 Å². The van der Waals surface area contributed by atoms with E-state index in [-0.39, 0.29) is 0 Å². The topological polar surface area (TPSA) is 123 Å². The van der Waals surface area contributed by atoms with Crippen LogP contribution in [0.2, 0.25) is 0 Å². The van der Waals surface area contributed by atoms with Gasteiger partial charge in [-0.15, -0.1) is 20.4 Å². The number of hydrogen-bond donors (Lipinski definition) is 0. The maximum absolute atomic E-state index is 4.72. The third-order valence-electron chi connectivity index (χ3n) is 10.1. The number of benzene rings is 4. The van der Waals surface area contributed by atoms with Gasteiger partial charge in [-0.2, -0.15) is 0 Å². The van der Waals surface area contributed by atoms with Crippen molar-refractivity contribution in [1.82, 2.24) is 60.0 Å². The zero-order valence-electron chi connectivity index (χ0n) is 30.6. The van der Waals surface area contributed by atoms with Crippen LogP contribution in [0, 0.1) is 0 Å². The Labute approximate surface area is 303 Å². The van der Waals surface area contributed by atoms with Gasteiger partial charge in [0.25, 0.3) is 0 Å². The van der Waals surface area contributed by atoms with Gasteiger partial charge >= 0.3 is 0 Å². The lowest BCUT2D eigenvalue weighted by molar-refractivity contribution is 0.553. The molecule has 8 aromatic rings. The van der Waals surface area contributed by atoms with E-state index >= 15 is 0 Å². The molecule has 0 bridgehead atoms. The molecule has 266 valence electrons. The SMILES string of the molecule is CCCCn1cc(-c2cc(-c3cn(CCCC)nn3)c3ccc4c(-c5cn(CCCC)nn5)cc(-c5cn(CCCC)nn5)c5ccc2c3c54)nn1. The highest BCUT2D eigenvalue weighted by molar-refractivity contribution is 6.31. The first-order chi connectivity index (χ1) is 25.6. The van der Waals surface area contributed by atoms with E-state index in [0.717, 1.165) is 155 Å².